The fourth-order valence-corrected chi connectivity index (χ4v) is 3.08. The predicted octanol–water partition coefficient (Wildman–Crippen LogP) is 2.84. The second-order valence-corrected chi connectivity index (χ2v) is 5.91. The topological polar surface area (TPSA) is 55.1 Å². The van der Waals surface area contributed by atoms with E-state index in [1.807, 2.05) is 0 Å². The Morgan fingerprint density at radius 1 is 1.33 bits per heavy atom. The summed E-state index contributed by atoms with van der Waals surface area (Å²) in [7, 11) is 0. The van der Waals surface area contributed by atoms with Gasteiger partial charge in [-0.1, -0.05) is 46.0 Å². The van der Waals surface area contributed by atoms with Gasteiger partial charge in [-0.3, -0.25) is 4.79 Å². The first-order chi connectivity index (χ1) is 8.67. The van der Waals surface area contributed by atoms with Gasteiger partial charge in [0.1, 0.15) is 0 Å². The second kappa shape index (κ2) is 8.52. The van der Waals surface area contributed by atoms with E-state index in [4.69, 9.17) is 5.73 Å². The van der Waals surface area contributed by atoms with E-state index in [-0.39, 0.29) is 11.9 Å². The molecular weight excluding hydrogens is 224 g/mol. The van der Waals surface area contributed by atoms with Crippen molar-refractivity contribution in [3.8, 4) is 0 Å². The number of nitrogens with two attached hydrogens (primary N) is 1. The van der Waals surface area contributed by atoms with Gasteiger partial charge in [-0.2, -0.15) is 0 Å². The van der Waals surface area contributed by atoms with Crippen molar-refractivity contribution in [1.82, 2.24) is 5.32 Å². The van der Waals surface area contributed by atoms with Crippen molar-refractivity contribution in [2.24, 2.45) is 17.6 Å². The van der Waals surface area contributed by atoms with Gasteiger partial charge >= 0.3 is 0 Å². The molecule has 0 spiro atoms. The Morgan fingerprint density at radius 2 is 2.00 bits per heavy atom. The molecule has 0 bridgehead atoms. The molecule has 1 rings (SSSR count). The van der Waals surface area contributed by atoms with Crippen LogP contribution in [0, 0.1) is 11.8 Å². The highest BCUT2D eigenvalue weighted by atomic mass is 16.1. The van der Waals surface area contributed by atoms with Crippen LogP contribution in [0.1, 0.15) is 65.2 Å². The molecule has 1 saturated carbocycles. The Labute approximate surface area is 112 Å². The van der Waals surface area contributed by atoms with Gasteiger partial charge in [0, 0.05) is 19.0 Å². The van der Waals surface area contributed by atoms with Crippen LogP contribution in [0.15, 0.2) is 0 Å². The van der Waals surface area contributed by atoms with Gasteiger partial charge in [-0.25, -0.2) is 0 Å². The van der Waals surface area contributed by atoms with Crippen LogP contribution >= 0.6 is 0 Å². The minimum absolute atomic E-state index is 0.192. The lowest BCUT2D eigenvalue weighted by molar-refractivity contribution is -0.123. The van der Waals surface area contributed by atoms with Gasteiger partial charge in [0.2, 0.25) is 5.91 Å². The van der Waals surface area contributed by atoms with E-state index in [2.05, 4.69) is 19.2 Å². The minimum Gasteiger partial charge on any atom is -0.352 e. The van der Waals surface area contributed by atoms with Crippen molar-refractivity contribution in [1.29, 1.82) is 0 Å². The van der Waals surface area contributed by atoms with E-state index >= 15 is 0 Å². The molecule has 0 aromatic rings. The zero-order valence-electron chi connectivity index (χ0n) is 12.1. The molecular formula is C15H30N2O. The number of amides is 1. The van der Waals surface area contributed by atoms with E-state index in [9.17, 15) is 4.79 Å². The van der Waals surface area contributed by atoms with E-state index in [1.54, 1.807) is 0 Å². The third-order valence-corrected chi connectivity index (χ3v) is 4.13. The lowest BCUT2D eigenvalue weighted by Gasteiger charge is -2.30. The second-order valence-electron chi connectivity index (χ2n) is 5.91. The Morgan fingerprint density at radius 3 is 2.56 bits per heavy atom. The summed E-state index contributed by atoms with van der Waals surface area (Å²) in [5, 5.41) is 3.16. The number of hydrogen-bond donors (Lipinski definition) is 2. The quantitative estimate of drug-likeness (QED) is 0.734. The van der Waals surface area contributed by atoms with Crippen LogP contribution in [-0.2, 0) is 4.79 Å². The standard InChI is InChI=1S/C15H30N2O/c1-3-7-12(2)10-15(18)17-14(11-16)13-8-5-4-6-9-13/h12-14H,3-11,16H2,1-2H3,(H,17,18). The van der Waals surface area contributed by atoms with Crippen LogP contribution in [0.4, 0.5) is 0 Å². The minimum atomic E-state index is 0.192. The third kappa shape index (κ3) is 5.38. The lowest BCUT2D eigenvalue weighted by atomic mass is 9.83. The molecule has 18 heavy (non-hydrogen) atoms. The monoisotopic (exact) mass is 254 g/mol. The van der Waals surface area contributed by atoms with Crippen LogP contribution in [-0.4, -0.2) is 18.5 Å². The molecule has 2 atom stereocenters. The van der Waals surface area contributed by atoms with Crippen LogP contribution in [0.5, 0.6) is 0 Å². The molecule has 3 nitrogen and oxygen atoms in total. The Bertz CT molecular complexity index is 237. The van der Waals surface area contributed by atoms with E-state index in [0.717, 1.165) is 12.8 Å². The summed E-state index contributed by atoms with van der Waals surface area (Å²) in [6.45, 7) is 4.90. The first kappa shape index (κ1) is 15.5. The van der Waals surface area contributed by atoms with Crippen molar-refractivity contribution in [3.05, 3.63) is 0 Å². The van der Waals surface area contributed by atoms with Gasteiger partial charge in [0.15, 0.2) is 0 Å². The van der Waals surface area contributed by atoms with Crippen molar-refractivity contribution < 1.29 is 4.79 Å². The first-order valence-corrected chi connectivity index (χ1v) is 7.66. The maximum Gasteiger partial charge on any atom is 0.220 e. The Balaban J connectivity index is 2.34. The number of rotatable bonds is 7. The molecule has 1 aliphatic carbocycles. The van der Waals surface area contributed by atoms with Crippen LogP contribution < -0.4 is 11.1 Å². The maximum atomic E-state index is 12.0. The first-order valence-electron chi connectivity index (χ1n) is 7.66. The Hall–Kier alpha value is -0.570. The number of carbonyl (C=O) groups excluding carboxylic acids is 1. The maximum absolute atomic E-state index is 12.0. The summed E-state index contributed by atoms with van der Waals surface area (Å²) in [5.74, 6) is 1.28. The molecule has 2 unspecified atom stereocenters. The highest BCUT2D eigenvalue weighted by Crippen LogP contribution is 2.26. The zero-order chi connectivity index (χ0) is 13.4. The summed E-state index contributed by atoms with van der Waals surface area (Å²) in [5.41, 5.74) is 5.83. The lowest BCUT2D eigenvalue weighted by Crippen LogP contribution is -2.46. The molecule has 3 heteroatoms. The molecule has 0 heterocycles. The number of carbonyl (C=O) groups is 1. The van der Waals surface area contributed by atoms with Gasteiger partial charge in [-0.05, 0) is 24.7 Å². The molecule has 0 aromatic heterocycles. The fourth-order valence-electron chi connectivity index (χ4n) is 3.08. The molecule has 1 aliphatic rings. The van der Waals surface area contributed by atoms with Gasteiger partial charge in [0.25, 0.3) is 0 Å². The molecule has 0 aliphatic heterocycles. The average Bonchev–Trinajstić information content (AvgIpc) is 2.37. The fraction of sp³-hybridized carbons (Fsp3) is 0.933. The molecule has 0 radical (unpaired) electrons. The van der Waals surface area contributed by atoms with Gasteiger partial charge < -0.3 is 11.1 Å². The summed E-state index contributed by atoms with van der Waals surface area (Å²) >= 11 is 0. The smallest absolute Gasteiger partial charge is 0.220 e. The highest BCUT2D eigenvalue weighted by Gasteiger charge is 2.24. The normalized spacial score (nSPS) is 20.4. The predicted molar refractivity (Wildman–Crippen MR) is 76.2 cm³/mol. The summed E-state index contributed by atoms with van der Waals surface area (Å²) in [4.78, 5) is 12.0. The molecule has 0 aromatic carbocycles. The molecule has 0 saturated heterocycles. The third-order valence-electron chi connectivity index (χ3n) is 4.13. The van der Waals surface area contributed by atoms with Crippen LogP contribution in [0.2, 0.25) is 0 Å². The molecule has 3 N–H and O–H groups in total. The largest absolute Gasteiger partial charge is 0.352 e. The van der Waals surface area contributed by atoms with Crippen molar-refractivity contribution in [3.63, 3.8) is 0 Å². The number of hydrogen-bond acceptors (Lipinski definition) is 2. The van der Waals surface area contributed by atoms with Crippen molar-refractivity contribution >= 4 is 5.91 Å². The molecule has 1 fully saturated rings. The highest BCUT2D eigenvalue weighted by molar-refractivity contribution is 5.76. The molecule has 106 valence electrons. The van der Waals surface area contributed by atoms with E-state index in [1.165, 1.54) is 32.1 Å². The zero-order valence-corrected chi connectivity index (χ0v) is 12.1. The summed E-state index contributed by atoms with van der Waals surface area (Å²) in [6.07, 6.45) is 9.32. The van der Waals surface area contributed by atoms with Crippen molar-refractivity contribution in [2.45, 2.75) is 71.3 Å². The summed E-state index contributed by atoms with van der Waals surface area (Å²) in [6, 6.07) is 0.201. The molecule has 1 amide bonds. The van der Waals surface area contributed by atoms with Gasteiger partial charge in [-0.15, -0.1) is 0 Å². The average molecular weight is 254 g/mol. The van der Waals surface area contributed by atoms with Crippen LogP contribution in [0.3, 0.4) is 0 Å². The van der Waals surface area contributed by atoms with Crippen LogP contribution in [0.25, 0.3) is 0 Å². The van der Waals surface area contributed by atoms with Crippen molar-refractivity contribution in [2.75, 3.05) is 6.54 Å². The van der Waals surface area contributed by atoms with E-state index < -0.39 is 0 Å². The SMILES string of the molecule is CCCC(C)CC(=O)NC(CN)C1CCCCC1. The summed E-state index contributed by atoms with van der Waals surface area (Å²) < 4.78 is 0. The van der Waals surface area contributed by atoms with E-state index in [0.29, 0.717) is 24.8 Å². The van der Waals surface area contributed by atoms with Gasteiger partial charge in [0.05, 0.1) is 0 Å². The number of nitrogens with one attached hydrogen (secondary N) is 1. The Kier molecular flexibility index (Phi) is 7.33.